The molecule has 0 bridgehead atoms. The van der Waals surface area contributed by atoms with Crippen molar-refractivity contribution >= 4 is 23.1 Å². The quantitative estimate of drug-likeness (QED) is 0.649. The predicted octanol–water partition coefficient (Wildman–Crippen LogP) is 4.71. The Hall–Kier alpha value is -2.40. The van der Waals surface area contributed by atoms with Gasteiger partial charge in [-0.1, -0.05) is 29.8 Å². The van der Waals surface area contributed by atoms with E-state index < -0.39 is 17.6 Å². The second kappa shape index (κ2) is 6.01. The van der Waals surface area contributed by atoms with Gasteiger partial charge in [-0.3, -0.25) is 0 Å². The van der Waals surface area contributed by atoms with Crippen LogP contribution < -0.4 is 0 Å². The minimum Gasteiger partial charge on any atom is -0.461 e. The monoisotopic (exact) mass is 335 g/mol. The van der Waals surface area contributed by atoms with Crippen LogP contribution in [-0.4, -0.2) is 17.0 Å². The van der Waals surface area contributed by atoms with Crippen LogP contribution in [0.3, 0.4) is 0 Å². The fourth-order valence-corrected chi connectivity index (χ4v) is 2.69. The molecule has 1 aromatic carbocycles. The number of pyridine rings is 1. The highest BCUT2D eigenvalue weighted by atomic mass is 35.5. The van der Waals surface area contributed by atoms with Crippen LogP contribution in [0.25, 0.3) is 16.6 Å². The molecule has 6 heteroatoms. The molecule has 23 heavy (non-hydrogen) atoms. The van der Waals surface area contributed by atoms with E-state index in [-0.39, 0.29) is 28.5 Å². The molecule has 0 spiro atoms. The summed E-state index contributed by atoms with van der Waals surface area (Å²) in [6, 6.07) is 9.24. The molecule has 3 nitrogen and oxygen atoms in total. The zero-order valence-corrected chi connectivity index (χ0v) is 12.9. The van der Waals surface area contributed by atoms with Crippen LogP contribution in [0.4, 0.5) is 8.78 Å². The van der Waals surface area contributed by atoms with Crippen LogP contribution >= 0.6 is 11.6 Å². The number of ether oxygens (including phenoxy) is 1. The van der Waals surface area contributed by atoms with Crippen molar-refractivity contribution < 1.29 is 18.3 Å². The maximum absolute atomic E-state index is 14.9. The molecule has 0 aliphatic heterocycles. The third kappa shape index (κ3) is 2.47. The SMILES string of the molecule is CCOC(=O)c1c(F)c(-c2cccc(Cl)c2F)c2ccccn12. The van der Waals surface area contributed by atoms with Crippen LogP contribution in [-0.2, 0) is 4.74 Å². The van der Waals surface area contributed by atoms with E-state index in [1.807, 2.05) is 0 Å². The maximum Gasteiger partial charge on any atom is 0.358 e. The Morgan fingerprint density at radius 1 is 1.17 bits per heavy atom. The second-order valence-corrected chi connectivity index (χ2v) is 5.22. The number of hydrogen-bond acceptors (Lipinski definition) is 2. The molecule has 0 aliphatic rings. The summed E-state index contributed by atoms with van der Waals surface area (Å²) in [5.74, 6) is -2.38. The molecule has 0 saturated heterocycles. The largest absolute Gasteiger partial charge is 0.461 e. The summed E-state index contributed by atoms with van der Waals surface area (Å²) in [7, 11) is 0. The minimum atomic E-state index is -0.837. The predicted molar refractivity (Wildman–Crippen MR) is 83.7 cm³/mol. The van der Waals surface area contributed by atoms with Crippen LogP contribution in [0, 0.1) is 11.6 Å². The summed E-state index contributed by atoms with van der Waals surface area (Å²) in [5, 5.41) is -0.116. The number of nitrogens with zero attached hydrogens (tertiary/aromatic N) is 1. The summed E-state index contributed by atoms with van der Waals surface area (Å²) >= 11 is 5.79. The van der Waals surface area contributed by atoms with E-state index in [9.17, 15) is 13.6 Å². The molecule has 0 aliphatic carbocycles. The summed E-state index contributed by atoms with van der Waals surface area (Å²) in [6.45, 7) is 1.74. The fraction of sp³-hybridized carbons (Fsp3) is 0.118. The first-order chi connectivity index (χ1) is 11.1. The Bertz CT molecular complexity index is 905. The number of carbonyl (C=O) groups is 1. The standard InChI is InChI=1S/C17H12ClF2NO2/c1-2-23-17(22)16-15(20)13(12-8-3-4-9-21(12)16)10-6-5-7-11(18)14(10)19/h3-9H,2H2,1H3. The number of aromatic nitrogens is 1. The lowest BCUT2D eigenvalue weighted by atomic mass is 10.1. The molecule has 118 valence electrons. The molecule has 0 unspecified atom stereocenters. The molecule has 2 aromatic heterocycles. The van der Waals surface area contributed by atoms with Gasteiger partial charge in [-0.05, 0) is 25.1 Å². The lowest BCUT2D eigenvalue weighted by Crippen LogP contribution is -2.09. The van der Waals surface area contributed by atoms with Gasteiger partial charge in [0, 0.05) is 17.3 Å². The minimum absolute atomic E-state index is 0.00533. The average Bonchev–Trinajstić information content (AvgIpc) is 2.82. The number of benzene rings is 1. The lowest BCUT2D eigenvalue weighted by Gasteiger charge is -2.04. The van der Waals surface area contributed by atoms with Gasteiger partial charge >= 0.3 is 5.97 Å². The molecule has 0 amide bonds. The molecule has 3 rings (SSSR count). The number of halogens is 3. The molecular formula is C17H12ClF2NO2. The molecule has 0 atom stereocenters. The van der Waals surface area contributed by atoms with Crippen LogP contribution in [0.5, 0.6) is 0 Å². The maximum atomic E-state index is 14.9. The third-order valence-corrected chi connectivity index (χ3v) is 3.77. The van der Waals surface area contributed by atoms with Gasteiger partial charge in [0.05, 0.1) is 17.1 Å². The Balaban J connectivity index is 2.36. The Morgan fingerprint density at radius 3 is 2.70 bits per heavy atom. The van der Waals surface area contributed by atoms with Gasteiger partial charge in [0.1, 0.15) is 5.82 Å². The number of carbonyl (C=O) groups excluding carboxylic acids is 1. The zero-order valence-electron chi connectivity index (χ0n) is 12.1. The van der Waals surface area contributed by atoms with E-state index >= 15 is 0 Å². The van der Waals surface area contributed by atoms with Crippen molar-refractivity contribution in [1.29, 1.82) is 0 Å². The molecule has 0 saturated carbocycles. The van der Waals surface area contributed by atoms with Crippen molar-refractivity contribution in [3.63, 3.8) is 0 Å². The number of hydrogen-bond donors (Lipinski definition) is 0. The van der Waals surface area contributed by atoms with Crippen molar-refractivity contribution in [2.24, 2.45) is 0 Å². The number of esters is 1. The first-order valence-electron chi connectivity index (χ1n) is 6.96. The topological polar surface area (TPSA) is 30.7 Å². The lowest BCUT2D eigenvalue weighted by molar-refractivity contribution is 0.0513. The van der Waals surface area contributed by atoms with Crippen molar-refractivity contribution in [3.05, 3.63) is 64.9 Å². The fourth-order valence-electron chi connectivity index (χ4n) is 2.52. The third-order valence-electron chi connectivity index (χ3n) is 3.47. The first-order valence-corrected chi connectivity index (χ1v) is 7.34. The second-order valence-electron chi connectivity index (χ2n) is 4.82. The highest BCUT2D eigenvalue weighted by molar-refractivity contribution is 6.31. The van der Waals surface area contributed by atoms with Gasteiger partial charge < -0.3 is 9.14 Å². The molecule has 0 radical (unpaired) electrons. The number of fused-ring (bicyclic) bond motifs is 1. The van der Waals surface area contributed by atoms with E-state index in [4.69, 9.17) is 16.3 Å². The van der Waals surface area contributed by atoms with Crippen molar-refractivity contribution in [2.75, 3.05) is 6.61 Å². The molecule has 0 fully saturated rings. The van der Waals surface area contributed by atoms with Gasteiger partial charge in [-0.15, -0.1) is 0 Å². The summed E-state index contributed by atoms with van der Waals surface area (Å²) in [5.41, 5.74) is 0.0638. The zero-order chi connectivity index (χ0) is 16.6. The van der Waals surface area contributed by atoms with Gasteiger partial charge in [-0.2, -0.15) is 0 Å². The van der Waals surface area contributed by atoms with Gasteiger partial charge in [-0.25, -0.2) is 13.6 Å². The smallest absolute Gasteiger partial charge is 0.358 e. The Morgan fingerprint density at radius 2 is 1.96 bits per heavy atom. The highest BCUT2D eigenvalue weighted by Gasteiger charge is 2.27. The normalized spacial score (nSPS) is 11.0. The number of rotatable bonds is 3. The van der Waals surface area contributed by atoms with E-state index in [1.165, 1.54) is 28.8 Å². The highest BCUT2D eigenvalue weighted by Crippen LogP contribution is 2.35. The van der Waals surface area contributed by atoms with E-state index in [1.54, 1.807) is 25.1 Å². The summed E-state index contributed by atoms with van der Waals surface area (Å²) in [6.07, 6.45) is 1.52. The van der Waals surface area contributed by atoms with Gasteiger partial charge in [0.15, 0.2) is 11.5 Å². The first kappa shape index (κ1) is 15.5. The van der Waals surface area contributed by atoms with Crippen molar-refractivity contribution in [1.82, 2.24) is 4.40 Å². The van der Waals surface area contributed by atoms with Crippen LogP contribution in [0.1, 0.15) is 17.4 Å². The molecular weight excluding hydrogens is 324 g/mol. The van der Waals surface area contributed by atoms with Crippen LogP contribution in [0.2, 0.25) is 5.02 Å². The molecule has 0 N–H and O–H groups in total. The van der Waals surface area contributed by atoms with Gasteiger partial charge in [0.25, 0.3) is 0 Å². The van der Waals surface area contributed by atoms with Crippen LogP contribution in [0.15, 0.2) is 42.6 Å². The van der Waals surface area contributed by atoms with E-state index in [0.29, 0.717) is 5.52 Å². The molecule has 3 aromatic rings. The van der Waals surface area contributed by atoms with Crippen molar-refractivity contribution in [2.45, 2.75) is 6.92 Å². The summed E-state index contributed by atoms with van der Waals surface area (Å²) < 4.78 is 35.5. The average molecular weight is 336 g/mol. The Kier molecular flexibility index (Phi) is 4.05. The molecule has 2 heterocycles. The van der Waals surface area contributed by atoms with Crippen molar-refractivity contribution in [3.8, 4) is 11.1 Å². The van der Waals surface area contributed by atoms with E-state index in [2.05, 4.69) is 0 Å². The van der Waals surface area contributed by atoms with E-state index in [0.717, 1.165) is 0 Å². The summed E-state index contributed by atoms with van der Waals surface area (Å²) in [4.78, 5) is 12.1. The Labute approximate surface area is 136 Å². The van der Waals surface area contributed by atoms with Gasteiger partial charge in [0.2, 0.25) is 0 Å².